The Kier molecular flexibility index (Phi) is 4.58. The van der Waals surface area contributed by atoms with E-state index in [1.54, 1.807) is 28.4 Å². The summed E-state index contributed by atoms with van der Waals surface area (Å²) in [5, 5.41) is 4.21. The molecule has 1 atom stereocenters. The first-order valence-electron chi connectivity index (χ1n) is 8.96. The van der Waals surface area contributed by atoms with Crippen LogP contribution < -0.4 is 0 Å². The Bertz CT molecular complexity index is 766. The number of nitrogens with zero attached hydrogens (tertiary/aromatic N) is 3. The third-order valence-corrected chi connectivity index (χ3v) is 6.30. The van der Waals surface area contributed by atoms with Crippen LogP contribution in [0.1, 0.15) is 29.5 Å². The maximum atomic E-state index is 13.1. The minimum atomic E-state index is -0.422. The largest absolute Gasteiger partial charge is 0.459 e. The van der Waals surface area contributed by atoms with Crippen molar-refractivity contribution in [1.29, 1.82) is 0 Å². The molecule has 0 spiro atoms. The van der Waals surface area contributed by atoms with Crippen LogP contribution in [-0.4, -0.2) is 64.8 Å². The van der Waals surface area contributed by atoms with Crippen molar-refractivity contribution < 1.29 is 14.0 Å². The standard InChI is InChI=1S/C19H23N3O3S/c1-19(5-6-22(19)13-15-4-12-26-14-15)18(24)21-9-7-20(8-10-21)17(23)16-3-2-11-25-16/h2-4,11-12,14H,5-10,13H2,1H3. The van der Waals surface area contributed by atoms with E-state index in [9.17, 15) is 9.59 Å². The summed E-state index contributed by atoms with van der Waals surface area (Å²) in [5.74, 6) is 0.442. The predicted molar refractivity (Wildman–Crippen MR) is 98.9 cm³/mol. The highest BCUT2D eigenvalue weighted by Crippen LogP contribution is 2.34. The Labute approximate surface area is 157 Å². The quantitative estimate of drug-likeness (QED) is 0.825. The second kappa shape index (κ2) is 6.89. The van der Waals surface area contributed by atoms with E-state index in [0.717, 1.165) is 19.5 Å². The van der Waals surface area contributed by atoms with Gasteiger partial charge in [0.1, 0.15) is 0 Å². The smallest absolute Gasteiger partial charge is 0.289 e. The van der Waals surface area contributed by atoms with E-state index in [2.05, 4.69) is 21.7 Å². The molecule has 26 heavy (non-hydrogen) atoms. The van der Waals surface area contributed by atoms with Gasteiger partial charge in [0.25, 0.3) is 5.91 Å². The third-order valence-electron chi connectivity index (χ3n) is 5.57. The van der Waals surface area contributed by atoms with Gasteiger partial charge in [-0.2, -0.15) is 11.3 Å². The molecule has 0 aliphatic carbocycles. The predicted octanol–water partition coefficient (Wildman–Crippen LogP) is 2.29. The molecule has 2 amide bonds. The van der Waals surface area contributed by atoms with Crippen molar-refractivity contribution in [3.63, 3.8) is 0 Å². The lowest BCUT2D eigenvalue weighted by molar-refractivity contribution is -0.154. The topological polar surface area (TPSA) is 57.0 Å². The van der Waals surface area contributed by atoms with Crippen molar-refractivity contribution in [3.8, 4) is 0 Å². The molecule has 0 bridgehead atoms. The number of hydrogen-bond acceptors (Lipinski definition) is 5. The minimum Gasteiger partial charge on any atom is -0.459 e. The van der Waals surface area contributed by atoms with E-state index in [0.29, 0.717) is 31.9 Å². The Morgan fingerprint density at radius 3 is 2.50 bits per heavy atom. The van der Waals surface area contributed by atoms with E-state index in [-0.39, 0.29) is 11.8 Å². The van der Waals surface area contributed by atoms with Crippen molar-refractivity contribution in [3.05, 3.63) is 46.5 Å². The minimum absolute atomic E-state index is 0.101. The van der Waals surface area contributed by atoms with Gasteiger partial charge >= 0.3 is 0 Å². The number of carbonyl (C=O) groups is 2. The van der Waals surface area contributed by atoms with E-state index < -0.39 is 5.54 Å². The van der Waals surface area contributed by atoms with Crippen LogP contribution in [-0.2, 0) is 11.3 Å². The molecular weight excluding hydrogens is 350 g/mol. The van der Waals surface area contributed by atoms with Crippen LogP contribution >= 0.6 is 11.3 Å². The molecule has 0 radical (unpaired) electrons. The zero-order valence-corrected chi connectivity index (χ0v) is 15.7. The van der Waals surface area contributed by atoms with Gasteiger partial charge in [0.2, 0.25) is 5.91 Å². The maximum absolute atomic E-state index is 13.1. The fourth-order valence-corrected chi connectivity index (χ4v) is 4.37. The molecule has 2 aromatic rings. The van der Waals surface area contributed by atoms with Gasteiger partial charge in [-0.05, 0) is 47.9 Å². The number of amides is 2. The molecule has 0 saturated carbocycles. The average molecular weight is 373 g/mol. The highest BCUT2D eigenvalue weighted by atomic mass is 32.1. The number of thiophene rings is 1. The van der Waals surface area contributed by atoms with Gasteiger partial charge in [0, 0.05) is 39.3 Å². The van der Waals surface area contributed by atoms with Gasteiger partial charge in [-0.1, -0.05) is 0 Å². The van der Waals surface area contributed by atoms with Crippen molar-refractivity contribution in [2.75, 3.05) is 32.7 Å². The van der Waals surface area contributed by atoms with Gasteiger partial charge in [-0.25, -0.2) is 0 Å². The van der Waals surface area contributed by atoms with Crippen molar-refractivity contribution in [1.82, 2.24) is 14.7 Å². The van der Waals surface area contributed by atoms with Gasteiger partial charge in [0.15, 0.2) is 5.76 Å². The lowest BCUT2D eigenvalue weighted by Gasteiger charge is -2.51. The lowest BCUT2D eigenvalue weighted by atomic mass is 9.84. The molecular formula is C19H23N3O3S. The van der Waals surface area contributed by atoms with Crippen molar-refractivity contribution in [2.24, 2.45) is 0 Å². The molecule has 0 aromatic carbocycles. The number of hydrogen-bond donors (Lipinski definition) is 0. The Balaban J connectivity index is 1.35. The van der Waals surface area contributed by atoms with E-state index in [1.165, 1.54) is 11.8 Å². The molecule has 2 aliphatic heterocycles. The molecule has 2 fully saturated rings. The number of furan rings is 1. The van der Waals surface area contributed by atoms with Crippen LogP contribution in [0.15, 0.2) is 39.6 Å². The van der Waals surface area contributed by atoms with Crippen molar-refractivity contribution >= 4 is 23.2 Å². The summed E-state index contributed by atoms with van der Waals surface area (Å²) in [6.07, 6.45) is 2.40. The second-order valence-electron chi connectivity index (χ2n) is 7.14. The summed E-state index contributed by atoms with van der Waals surface area (Å²) in [4.78, 5) is 31.4. The summed E-state index contributed by atoms with van der Waals surface area (Å²) in [6, 6.07) is 5.51. The number of piperazine rings is 1. The Morgan fingerprint density at radius 2 is 1.92 bits per heavy atom. The van der Waals surface area contributed by atoms with Gasteiger partial charge in [-0.15, -0.1) is 0 Å². The van der Waals surface area contributed by atoms with Crippen LogP contribution in [0.5, 0.6) is 0 Å². The summed E-state index contributed by atoms with van der Waals surface area (Å²) in [7, 11) is 0. The van der Waals surface area contributed by atoms with Crippen LogP contribution in [0.25, 0.3) is 0 Å². The van der Waals surface area contributed by atoms with Crippen LogP contribution in [0.4, 0.5) is 0 Å². The van der Waals surface area contributed by atoms with Gasteiger partial charge in [0.05, 0.1) is 11.8 Å². The summed E-state index contributed by atoms with van der Waals surface area (Å²) >= 11 is 1.69. The first kappa shape index (κ1) is 17.3. The van der Waals surface area contributed by atoms with Crippen molar-refractivity contribution in [2.45, 2.75) is 25.4 Å². The number of likely N-dealkylation sites (tertiary alicyclic amines) is 1. The molecule has 2 saturated heterocycles. The molecule has 1 unspecified atom stereocenters. The van der Waals surface area contributed by atoms with E-state index in [4.69, 9.17) is 4.42 Å². The fourth-order valence-electron chi connectivity index (χ4n) is 3.71. The highest BCUT2D eigenvalue weighted by Gasteiger charge is 2.48. The van der Waals surface area contributed by atoms with E-state index in [1.807, 2.05) is 11.8 Å². The molecule has 2 aromatic heterocycles. The van der Waals surface area contributed by atoms with Crippen LogP contribution in [0, 0.1) is 0 Å². The zero-order valence-electron chi connectivity index (χ0n) is 14.9. The molecule has 2 aliphatic rings. The molecule has 4 rings (SSSR count). The highest BCUT2D eigenvalue weighted by molar-refractivity contribution is 7.07. The Morgan fingerprint density at radius 1 is 1.15 bits per heavy atom. The monoisotopic (exact) mass is 373 g/mol. The summed E-state index contributed by atoms with van der Waals surface area (Å²) < 4.78 is 5.19. The number of rotatable bonds is 4. The Hall–Kier alpha value is -2.12. The first-order valence-corrected chi connectivity index (χ1v) is 9.90. The number of carbonyl (C=O) groups excluding carboxylic acids is 2. The van der Waals surface area contributed by atoms with E-state index >= 15 is 0 Å². The summed E-state index contributed by atoms with van der Waals surface area (Å²) in [5.41, 5.74) is 0.845. The normalized spacial score (nSPS) is 23.7. The molecule has 7 heteroatoms. The summed E-state index contributed by atoms with van der Waals surface area (Å²) in [6.45, 7) is 6.07. The third kappa shape index (κ3) is 3.05. The maximum Gasteiger partial charge on any atom is 0.289 e. The van der Waals surface area contributed by atoms with Crippen LogP contribution in [0.3, 0.4) is 0 Å². The van der Waals surface area contributed by atoms with Crippen LogP contribution in [0.2, 0.25) is 0 Å². The van der Waals surface area contributed by atoms with Gasteiger partial charge < -0.3 is 14.2 Å². The SMILES string of the molecule is CC1(C(=O)N2CCN(C(=O)c3ccco3)CC2)CCN1Cc1ccsc1. The lowest BCUT2D eigenvalue weighted by Crippen LogP contribution is -2.67. The zero-order chi connectivity index (χ0) is 18.1. The van der Waals surface area contributed by atoms with Gasteiger partial charge in [-0.3, -0.25) is 14.5 Å². The first-order chi connectivity index (χ1) is 12.6. The molecule has 138 valence electrons. The fraction of sp³-hybridized carbons (Fsp3) is 0.474. The average Bonchev–Trinajstić information content (AvgIpc) is 3.37. The molecule has 6 nitrogen and oxygen atoms in total. The molecule has 4 heterocycles. The molecule has 0 N–H and O–H groups in total. The second-order valence-corrected chi connectivity index (χ2v) is 7.92.